The minimum Gasteiger partial charge on any atom is -0.480 e. The van der Waals surface area contributed by atoms with Gasteiger partial charge < -0.3 is 26.0 Å². The van der Waals surface area contributed by atoms with Gasteiger partial charge in [0.25, 0.3) is 0 Å². The van der Waals surface area contributed by atoms with E-state index in [9.17, 15) is 18.7 Å². The Bertz CT molecular complexity index is 1030. The molecule has 1 aromatic heterocycles. The third-order valence-electron chi connectivity index (χ3n) is 6.27. The number of nitrogens with zero attached hydrogens (tertiary/aromatic N) is 4. The normalized spacial score (nSPS) is 16.9. The van der Waals surface area contributed by atoms with Crippen LogP contribution in [0.2, 0.25) is 0 Å². The maximum absolute atomic E-state index is 12.9. The summed E-state index contributed by atoms with van der Waals surface area (Å²) in [5, 5.41) is 26.8. The van der Waals surface area contributed by atoms with E-state index in [2.05, 4.69) is 38.1 Å². The standard InChI is InChI=1S/C25H36F2N8O2/c1-29-15-20-22(28)24(32-16-31-20)34-19(25(36)37)9-13-35(14-10-21(26)27)12-3-2-6-18-8-7-17-5-4-11-30-23(17)33-18/h7-8,15-16,19,21,28-29H,2-6,9-14H2,1H3,(H,30,33)(H,36,37)(H,31,32,34)/b20-15+,28-22?/t19-/m0/s1. The second-order valence-corrected chi connectivity index (χ2v) is 9.06. The van der Waals surface area contributed by atoms with Crippen LogP contribution in [0.25, 0.3) is 0 Å². The number of aliphatic imine (C=N–C) groups is 2. The number of aromatic nitrogens is 1. The topological polar surface area (TPSA) is 138 Å². The Morgan fingerprint density at radius 1 is 1.27 bits per heavy atom. The van der Waals surface area contributed by atoms with Crippen molar-refractivity contribution in [3.63, 3.8) is 0 Å². The fourth-order valence-electron chi connectivity index (χ4n) is 4.25. The summed E-state index contributed by atoms with van der Waals surface area (Å²) in [5.74, 6) is -0.0295. The van der Waals surface area contributed by atoms with Gasteiger partial charge in [-0.25, -0.2) is 28.5 Å². The molecule has 37 heavy (non-hydrogen) atoms. The number of carbonyl (C=O) groups is 1. The van der Waals surface area contributed by atoms with E-state index in [1.54, 1.807) is 7.05 Å². The molecule has 3 rings (SSSR count). The van der Waals surface area contributed by atoms with Crippen LogP contribution in [0, 0.1) is 5.41 Å². The number of unbranched alkanes of at least 4 members (excludes halogenated alkanes) is 1. The first kappa shape index (κ1) is 28.2. The fraction of sp³-hybridized carbons (Fsp3) is 0.560. The van der Waals surface area contributed by atoms with Crippen molar-refractivity contribution in [3.8, 4) is 0 Å². The third kappa shape index (κ3) is 8.88. The summed E-state index contributed by atoms with van der Waals surface area (Å²) in [6.45, 7) is 2.03. The largest absolute Gasteiger partial charge is 0.480 e. The van der Waals surface area contributed by atoms with Gasteiger partial charge in [0, 0.05) is 45.0 Å². The van der Waals surface area contributed by atoms with Gasteiger partial charge in [-0.15, -0.1) is 0 Å². The number of carboxylic acids is 1. The van der Waals surface area contributed by atoms with Crippen molar-refractivity contribution in [3.05, 3.63) is 35.3 Å². The zero-order valence-corrected chi connectivity index (χ0v) is 21.1. The molecule has 0 fully saturated rings. The maximum atomic E-state index is 12.9. The van der Waals surface area contributed by atoms with Crippen molar-refractivity contribution >= 4 is 29.7 Å². The quantitative estimate of drug-likeness (QED) is 0.239. The van der Waals surface area contributed by atoms with Crippen LogP contribution in [0.5, 0.6) is 0 Å². The zero-order chi connectivity index (χ0) is 26.6. The number of pyridine rings is 1. The minimum absolute atomic E-state index is 0.0244. The highest BCUT2D eigenvalue weighted by Crippen LogP contribution is 2.20. The summed E-state index contributed by atoms with van der Waals surface area (Å²) in [6.07, 6.45) is 4.84. The summed E-state index contributed by atoms with van der Waals surface area (Å²) in [5.41, 5.74) is 2.55. The lowest BCUT2D eigenvalue weighted by molar-refractivity contribution is -0.139. The van der Waals surface area contributed by atoms with Crippen LogP contribution in [0.15, 0.2) is 34.0 Å². The highest BCUT2D eigenvalue weighted by atomic mass is 19.3. The number of aryl methyl sites for hydroxylation is 2. The van der Waals surface area contributed by atoms with Gasteiger partial charge in [-0.3, -0.25) is 5.41 Å². The van der Waals surface area contributed by atoms with E-state index in [4.69, 9.17) is 10.4 Å². The van der Waals surface area contributed by atoms with Gasteiger partial charge in [0.15, 0.2) is 5.84 Å². The van der Waals surface area contributed by atoms with Crippen molar-refractivity contribution in [2.24, 2.45) is 9.98 Å². The van der Waals surface area contributed by atoms with Gasteiger partial charge in [-0.1, -0.05) is 6.07 Å². The number of nitrogens with one attached hydrogen (secondary N) is 4. The van der Waals surface area contributed by atoms with E-state index in [1.807, 2.05) is 4.90 Å². The van der Waals surface area contributed by atoms with Gasteiger partial charge in [-0.05, 0) is 56.7 Å². The maximum Gasteiger partial charge on any atom is 0.326 e. The third-order valence-corrected chi connectivity index (χ3v) is 6.27. The van der Waals surface area contributed by atoms with Crippen molar-refractivity contribution in [2.75, 3.05) is 38.5 Å². The first-order chi connectivity index (χ1) is 17.9. The molecule has 0 spiro atoms. The molecule has 5 N–H and O–H groups in total. The number of aliphatic carboxylic acids is 1. The average Bonchev–Trinajstić information content (AvgIpc) is 2.88. The second-order valence-electron chi connectivity index (χ2n) is 9.06. The molecule has 0 saturated heterocycles. The summed E-state index contributed by atoms with van der Waals surface area (Å²) >= 11 is 0. The van der Waals surface area contributed by atoms with E-state index in [0.29, 0.717) is 18.8 Å². The average molecular weight is 519 g/mol. The van der Waals surface area contributed by atoms with Crippen LogP contribution in [0.1, 0.15) is 43.4 Å². The lowest BCUT2D eigenvalue weighted by Gasteiger charge is -2.25. The monoisotopic (exact) mass is 518 g/mol. The van der Waals surface area contributed by atoms with E-state index in [-0.39, 0.29) is 30.9 Å². The predicted molar refractivity (Wildman–Crippen MR) is 141 cm³/mol. The van der Waals surface area contributed by atoms with Gasteiger partial charge in [0.1, 0.15) is 29.6 Å². The van der Waals surface area contributed by atoms with Crippen molar-refractivity contribution in [1.82, 2.24) is 20.5 Å². The number of anilines is 1. The summed E-state index contributed by atoms with van der Waals surface area (Å²) < 4.78 is 25.8. The Morgan fingerprint density at radius 3 is 2.84 bits per heavy atom. The molecule has 1 aromatic rings. The summed E-state index contributed by atoms with van der Waals surface area (Å²) in [6, 6.07) is 3.15. The highest BCUT2D eigenvalue weighted by molar-refractivity contribution is 6.48. The number of alkyl halides is 2. The molecule has 12 heteroatoms. The van der Waals surface area contributed by atoms with E-state index >= 15 is 0 Å². The Hall–Kier alpha value is -3.41. The van der Waals surface area contributed by atoms with Crippen LogP contribution in [-0.2, 0) is 17.6 Å². The molecule has 1 atom stereocenters. The fourth-order valence-corrected chi connectivity index (χ4v) is 4.25. The van der Waals surface area contributed by atoms with Crippen molar-refractivity contribution in [1.29, 1.82) is 5.41 Å². The first-order valence-corrected chi connectivity index (χ1v) is 12.7. The first-order valence-electron chi connectivity index (χ1n) is 12.7. The van der Waals surface area contributed by atoms with Gasteiger partial charge in [0.05, 0.1) is 0 Å². The van der Waals surface area contributed by atoms with Crippen LogP contribution in [0.3, 0.4) is 0 Å². The van der Waals surface area contributed by atoms with Crippen molar-refractivity contribution < 1.29 is 18.7 Å². The summed E-state index contributed by atoms with van der Waals surface area (Å²) in [4.78, 5) is 26.5. The molecule has 0 unspecified atom stereocenters. The minimum atomic E-state index is -2.42. The Balaban J connectivity index is 1.51. The Kier molecular flexibility index (Phi) is 10.9. The highest BCUT2D eigenvalue weighted by Gasteiger charge is 2.24. The lowest BCUT2D eigenvalue weighted by Crippen LogP contribution is -2.46. The van der Waals surface area contributed by atoms with E-state index in [1.165, 1.54) is 18.1 Å². The summed E-state index contributed by atoms with van der Waals surface area (Å²) in [7, 11) is 1.67. The van der Waals surface area contributed by atoms with Crippen LogP contribution < -0.4 is 16.0 Å². The molecule has 0 aliphatic carbocycles. The van der Waals surface area contributed by atoms with Gasteiger partial charge >= 0.3 is 5.97 Å². The second kappa shape index (κ2) is 14.4. The molecular formula is C25H36F2N8O2. The number of fused-ring (bicyclic) bond motifs is 1. The molecule has 0 amide bonds. The van der Waals surface area contributed by atoms with Crippen LogP contribution in [0.4, 0.5) is 14.6 Å². The van der Waals surface area contributed by atoms with Crippen molar-refractivity contribution in [2.45, 2.75) is 57.4 Å². The molecule has 0 saturated carbocycles. The van der Waals surface area contributed by atoms with Gasteiger partial charge in [-0.2, -0.15) is 0 Å². The molecule has 0 radical (unpaired) electrons. The number of amidine groups is 1. The number of halogens is 2. The zero-order valence-electron chi connectivity index (χ0n) is 21.1. The Labute approximate surface area is 215 Å². The number of hydrogen-bond acceptors (Lipinski definition) is 9. The molecule has 202 valence electrons. The van der Waals surface area contributed by atoms with E-state index < -0.39 is 18.4 Å². The van der Waals surface area contributed by atoms with E-state index in [0.717, 1.165) is 50.2 Å². The Morgan fingerprint density at radius 2 is 2.08 bits per heavy atom. The SMILES string of the molecule is CN/C=C1/N=CN=C(N[C@@H](CCN(CCCCc2ccc3c(n2)NCCC3)CCC(F)F)C(=O)O)C1=N. The van der Waals surface area contributed by atoms with Gasteiger partial charge in [0.2, 0.25) is 6.43 Å². The lowest BCUT2D eigenvalue weighted by atomic mass is 10.1. The van der Waals surface area contributed by atoms with Crippen LogP contribution >= 0.6 is 0 Å². The molecular weight excluding hydrogens is 482 g/mol. The molecule has 2 aliphatic rings. The molecule has 10 nitrogen and oxygen atoms in total. The number of hydrogen-bond donors (Lipinski definition) is 5. The molecule has 0 aromatic carbocycles. The number of rotatable bonds is 14. The van der Waals surface area contributed by atoms with Crippen LogP contribution in [-0.4, -0.2) is 84.5 Å². The number of carboxylic acid groups (broad SMARTS) is 1. The molecule has 2 aliphatic heterocycles. The predicted octanol–water partition coefficient (Wildman–Crippen LogP) is 2.67. The molecule has 0 bridgehead atoms. The smallest absolute Gasteiger partial charge is 0.326 e. The molecule has 3 heterocycles.